The van der Waals surface area contributed by atoms with Gasteiger partial charge in [-0.15, -0.1) is 0 Å². The number of hydrogen-bond acceptors (Lipinski definition) is 4. The smallest absolute Gasteiger partial charge is 0.241 e. The number of para-hydroxylation sites is 2. The molecule has 1 aliphatic heterocycles. The van der Waals surface area contributed by atoms with Gasteiger partial charge < -0.3 is 15.5 Å². The highest BCUT2D eigenvalue weighted by Crippen LogP contribution is 2.32. The van der Waals surface area contributed by atoms with E-state index in [-0.39, 0.29) is 41.8 Å². The average molecular weight is 463 g/mol. The van der Waals surface area contributed by atoms with Crippen molar-refractivity contribution in [2.75, 3.05) is 29.1 Å². The Labute approximate surface area is 191 Å². The van der Waals surface area contributed by atoms with Gasteiger partial charge in [-0.25, -0.2) is 0 Å². The topological polar surface area (TPSA) is 81.8 Å². The van der Waals surface area contributed by atoms with E-state index in [4.69, 9.17) is 23.2 Å². The summed E-state index contributed by atoms with van der Waals surface area (Å²) < 4.78 is 0. The summed E-state index contributed by atoms with van der Waals surface area (Å²) in [4.78, 5) is 41.3. The van der Waals surface area contributed by atoms with Crippen molar-refractivity contribution in [3.63, 3.8) is 0 Å². The second kappa shape index (κ2) is 9.68. The van der Waals surface area contributed by atoms with Gasteiger partial charge in [0.15, 0.2) is 0 Å². The maximum absolute atomic E-state index is 13.2. The van der Waals surface area contributed by atoms with Crippen molar-refractivity contribution in [3.05, 3.63) is 52.5 Å². The van der Waals surface area contributed by atoms with Crippen LogP contribution in [0.25, 0.3) is 0 Å². The molecule has 31 heavy (non-hydrogen) atoms. The van der Waals surface area contributed by atoms with Crippen molar-refractivity contribution in [3.8, 4) is 0 Å². The van der Waals surface area contributed by atoms with Crippen molar-refractivity contribution in [2.45, 2.75) is 32.4 Å². The van der Waals surface area contributed by atoms with Crippen LogP contribution in [0, 0.1) is 0 Å². The summed E-state index contributed by atoms with van der Waals surface area (Å²) in [6.07, 6.45) is 0.188. The molecule has 0 radical (unpaired) electrons. The molecule has 0 spiro atoms. The number of amides is 3. The number of hydrogen-bond donors (Lipinski definition) is 2. The van der Waals surface area contributed by atoms with Crippen molar-refractivity contribution < 1.29 is 14.4 Å². The first-order chi connectivity index (χ1) is 14.7. The second-order valence-electron chi connectivity index (χ2n) is 7.56. The van der Waals surface area contributed by atoms with Gasteiger partial charge in [-0.2, -0.15) is 0 Å². The van der Waals surface area contributed by atoms with Crippen molar-refractivity contribution in [1.82, 2.24) is 4.90 Å². The third-order valence-corrected chi connectivity index (χ3v) is 6.08. The largest absolute Gasteiger partial charge is 0.324 e. The number of rotatable bonds is 5. The fraction of sp³-hybridized carbons (Fsp3) is 0.318. The van der Waals surface area contributed by atoms with Crippen LogP contribution in [-0.4, -0.2) is 48.3 Å². The molecule has 1 heterocycles. The quantitative estimate of drug-likeness (QED) is 0.702. The molecule has 2 unspecified atom stereocenters. The van der Waals surface area contributed by atoms with Crippen LogP contribution in [0.1, 0.15) is 20.3 Å². The number of fused-ring (bicyclic) bond motifs is 1. The number of anilines is 3. The molecule has 164 valence electrons. The Morgan fingerprint density at radius 1 is 1.23 bits per heavy atom. The highest BCUT2D eigenvalue weighted by molar-refractivity contribution is 6.44. The molecule has 2 aromatic rings. The zero-order chi connectivity index (χ0) is 22.7. The number of carbonyl (C=O) groups excluding carboxylic acids is 3. The van der Waals surface area contributed by atoms with Crippen LogP contribution in [0.4, 0.5) is 17.1 Å². The number of nitrogens with zero attached hydrogens (tertiary/aromatic N) is 2. The number of benzene rings is 2. The molecule has 1 aliphatic rings. The molecule has 7 nitrogen and oxygen atoms in total. The van der Waals surface area contributed by atoms with Gasteiger partial charge in [0.1, 0.15) is 0 Å². The van der Waals surface area contributed by atoms with Crippen LogP contribution < -0.4 is 15.5 Å². The number of halogens is 2. The lowest BCUT2D eigenvalue weighted by atomic mass is 10.1. The predicted molar refractivity (Wildman–Crippen MR) is 124 cm³/mol. The Morgan fingerprint density at radius 2 is 1.94 bits per heavy atom. The minimum atomic E-state index is -0.615. The van der Waals surface area contributed by atoms with Crippen LogP contribution in [0.2, 0.25) is 10.0 Å². The molecule has 0 fully saturated rings. The molecule has 0 aromatic heterocycles. The second-order valence-corrected chi connectivity index (χ2v) is 8.35. The van der Waals surface area contributed by atoms with Gasteiger partial charge in [0.05, 0.1) is 39.7 Å². The van der Waals surface area contributed by atoms with E-state index in [1.165, 1.54) is 0 Å². The van der Waals surface area contributed by atoms with Crippen LogP contribution >= 0.6 is 23.2 Å². The SMILES string of the molecule is CC(C(=O)Nc1cccc(Cl)c1Cl)N(C)CC(=O)N1c2ccccc2NC(=O)CC1C. The molecule has 3 amide bonds. The summed E-state index contributed by atoms with van der Waals surface area (Å²) in [6.45, 7) is 3.52. The molecular weight excluding hydrogens is 439 g/mol. The van der Waals surface area contributed by atoms with Gasteiger partial charge in [-0.05, 0) is 45.2 Å². The van der Waals surface area contributed by atoms with Crippen LogP contribution in [0.15, 0.2) is 42.5 Å². The lowest BCUT2D eigenvalue weighted by Crippen LogP contribution is -2.48. The molecule has 2 N–H and O–H groups in total. The van der Waals surface area contributed by atoms with E-state index in [1.54, 1.807) is 60.2 Å². The van der Waals surface area contributed by atoms with Crippen LogP contribution in [0.3, 0.4) is 0 Å². The third-order valence-electron chi connectivity index (χ3n) is 5.26. The van der Waals surface area contributed by atoms with E-state index in [0.29, 0.717) is 22.1 Å². The van der Waals surface area contributed by atoms with E-state index in [1.807, 2.05) is 13.0 Å². The van der Waals surface area contributed by atoms with Crippen molar-refractivity contribution >= 4 is 58.0 Å². The fourth-order valence-electron chi connectivity index (χ4n) is 3.43. The van der Waals surface area contributed by atoms with Gasteiger partial charge in [0.25, 0.3) is 0 Å². The van der Waals surface area contributed by atoms with E-state index < -0.39 is 6.04 Å². The first-order valence-corrected chi connectivity index (χ1v) is 10.6. The summed E-state index contributed by atoms with van der Waals surface area (Å²) in [6, 6.07) is 11.2. The summed E-state index contributed by atoms with van der Waals surface area (Å²) in [5.41, 5.74) is 1.64. The summed E-state index contributed by atoms with van der Waals surface area (Å²) >= 11 is 12.1. The zero-order valence-electron chi connectivity index (χ0n) is 17.5. The molecule has 3 rings (SSSR count). The first-order valence-electron chi connectivity index (χ1n) is 9.85. The summed E-state index contributed by atoms with van der Waals surface area (Å²) in [5, 5.41) is 6.18. The maximum atomic E-state index is 13.2. The standard InChI is InChI=1S/C22H24Cl2N4O3/c1-13-11-19(29)25-16-8-4-5-10-18(16)28(13)20(30)12-27(3)14(2)22(31)26-17-9-6-7-15(23)21(17)24/h4-10,13-14H,11-12H2,1-3H3,(H,25,29)(H,26,31). The van der Waals surface area contributed by atoms with Gasteiger partial charge in [0, 0.05) is 12.5 Å². The number of nitrogens with one attached hydrogen (secondary N) is 2. The average Bonchev–Trinajstić information content (AvgIpc) is 2.84. The monoisotopic (exact) mass is 462 g/mol. The molecule has 0 aliphatic carbocycles. The minimum absolute atomic E-state index is 0.00920. The van der Waals surface area contributed by atoms with E-state index in [0.717, 1.165) is 0 Å². The lowest BCUT2D eigenvalue weighted by Gasteiger charge is -2.31. The summed E-state index contributed by atoms with van der Waals surface area (Å²) in [7, 11) is 1.69. The maximum Gasteiger partial charge on any atom is 0.241 e. The Morgan fingerprint density at radius 3 is 2.68 bits per heavy atom. The molecule has 0 saturated carbocycles. The highest BCUT2D eigenvalue weighted by atomic mass is 35.5. The van der Waals surface area contributed by atoms with E-state index in [9.17, 15) is 14.4 Å². The van der Waals surface area contributed by atoms with E-state index >= 15 is 0 Å². The fourth-order valence-corrected chi connectivity index (χ4v) is 3.78. The van der Waals surface area contributed by atoms with Gasteiger partial charge in [-0.1, -0.05) is 41.4 Å². The molecule has 2 aromatic carbocycles. The number of carbonyl (C=O) groups is 3. The van der Waals surface area contributed by atoms with E-state index in [2.05, 4.69) is 10.6 Å². The van der Waals surface area contributed by atoms with Gasteiger partial charge in [-0.3, -0.25) is 19.3 Å². The lowest BCUT2D eigenvalue weighted by molar-refractivity contribution is -0.123. The van der Waals surface area contributed by atoms with Crippen LogP contribution in [0.5, 0.6) is 0 Å². The number of likely N-dealkylation sites (N-methyl/N-ethyl adjacent to an activating group) is 1. The first kappa shape index (κ1) is 23.1. The molecular formula is C22H24Cl2N4O3. The highest BCUT2D eigenvalue weighted by Gasteiger charge is 2.31. The molecule has 0 bridgehead atoms. The Kier molecular flexibility index (Phi) is 7.20. The van der Waals surface area contributed by atoms with Gasteiger partial charge >= 0.3 is 0 Å². The summed E-state index contributed by atoms with van der Waals surface area (Å²) in [5.74, 6) is -0.672. The zero-order valence-corrected chi connectivity index (χ0v) is 19.0. The Balaban J connectivity index is 1.72. The molecule has 0 saturated heterocycles. The van der Waals surface area contributed by atoms with Gasteiger partial charge in [0.2, 0.25) is 17.7 Å². The molecule has 9 heteroatoms. The Hall–Kier alpha value is -2.61. The Bertz CT molecular complexity index is 1010. The van der Waals surface area contributed by atoms with Crippen molar-refractivity contribution in [1.29, 1.82) is 0 Å². The van der Waals surface area contributed by atoms with Crippen molar-refractivity contribution in [2.24, 2.45) is 0 Å². The predicted octanol–water partition coefficient (Wildman–Crippen LogP) is 4.02. The van der Waals surface area contributed by atoms with Crippen LogP contribution in [-0.2, 0) is 14.4 Å². The normalized spacial score (nSPS) is 16.9. The minimum Gasteiger partial charge on any atom is -0.324 e. The third kappa shape index (κ3) is 5.18. The molecule has 2 atom stereocenters.